The number of carbonyl (C=O) groups is 1. The predicted octanol–water partition coefficient (Wildman–Crippen LogP) is 7.36. The molecule has 0 amide bonds. The molecule has 0 bridgehead atoms. The Balaban J connectivity index is 1.19. The number of aliphatic hydroxyl groups excluding tert-OH is 1. The molecule has 1 N–H and O–H groups in total. The van der Waals surface area contributed by atoms with E-state index in [0.29, 0.717) is 40.6 Å². The SMILES string of the molecule is CCN(CC)c1ccc2cc(C(=O)/C=C/c3ccc(OC(O)CC[PH](c4ccccc4)(c4ccccc4)c4ccccc4)c(OC)c3)c(=O)oc2c1. The summed E-state index contributed by atoms with van der Waals surface area (Å²) in [6, 6.07) is 44.1. The third kappa shape index (κ3) is 7.86. The number of hydrogen-bond donors (Lipinski definition) is 1. The van der Waals surface area contributed by atoms with Crippen molar-refractivity contribution < 1.29 is 23.8 Å². The largest absolute Gasteiger partial charge is 0.422 e. The van der Waals surface area contributed by atoms with Gasteiger partial charge < -0.3 is 9.32 Å². The molecule has 1 atom stereocenters. The first kappa shape index (κ1) is 36.3. The number of ether oxygens (including phenoxy) is 2. The van der Waals surface area contributed by atoms with E-state index in [1.54, 1.807) is 30.3 Å². The van der Waals surface area contributed by atoms with E-state index in [-0.39, 0.29) is 5.56 Å². The second-order valence-electron chi connectivity index (χ2n) is 12.6. The minimum absolute atomic E-state index is 0.0458. The van der Waals surface area contributed by atoms with E-state index in [4.69, 9.17) is 13.9 Å². The van der Waals surface area contributed by atoms with Crippen molar-refractivity contribution in [3.05, 3.63) is 161 Å². The van der Waals surface area contributed by atoms with Gasteiger partial charge in [0, 0.05) is 30.2 Å². The predicted molar refractivity (Wildman–Crippen MR) is 215 cm³/mol. The summed E-state index contributed by atoms with van der Waals surface area (Å²) < 4.78 is 17.3. The van der Waals surface area contributed by atoms with Crippen molar-refractivity contribution in [1.29, 1.82) is 0 Å². The van der Waals surface area contributed by atoms with Gasteiger partial charge in [0.05, 0.1) is 0 Å². The molecule has 266 valence electrons. The molecule has 0 saturated heterocycles. The molecule has 1 aromatic heterocycles. The van der Waals surface area contributed by atoms with Crippen LogP contribution in [0.2, 0.25) is 0 Å². The van der Waals surface area contributed by atoms with Gasteiger partial charge >= 0.3 is 224 Å². The van der Waals surface area contributed by atoms with Crippen LogP contribution in [0.3, 0.4) is 0 Å². The monoisotopic (exact) mass is 713 g/mol. The van der Waals surface area contributed by atoms with Gasteiger partial charge in [-0.3, -0.25) is 0 Å². The summed E-state index contributed by atoms with van der Waals surface area (Å²) in [6.07, 6.45) is 2.94. The molecule has 0 aliphatic heterocycles. The van der Waals surface area contributed by atoms with Crippen molar-refractivity contribution in [2.75, 3.05) is 31.3 Å². The van der Waals surface area contributed by atoms with Crippen LogP contribution in [-0.4, -0.2) is 43.5 Å². The Kier molecular flexibility index (Phi) is 11.6. The minimum atomic E-state index is -2.56. The van der Waals surface area contributed by atoms with E-state index in [1.165, 1.54) is 29.1 Å². The van der Waals surface area contributed by atoms with Gasteiger partial charge in [-0.2, -0.15) is 0 Å². The normalized spacial score (nSPS) is 12.5. The zero-order chi connectivity index (χ0) is 36.5. The molecule has 0 aliphatic carbocycles. The minimum Gasteiger partial charge on any atom is -0.422 e. The molecular weight excluding hydrogens is 669 g/mol. The first-order valence-electron chi connectivity index (χ1n) is 17.6. The molecule has 8 heteroatoms. The van der Waals surface area contributed by atoms with Crippen LogP contribution in [0.5, 0.6) is 11.5 Å². The Morgan fingerprint density at radius 3 is 1.94 bits per heavy atom. The van der Waals surface area contributed by atoms with Crippen LogP contribution in [0, 0.1) is 0 Å². The maximum atomic E-state index is 13.1. The van der Waals surface area contributed by atoms with E-state index in [0.717, 1.165) is 18.8 Å². The van der Waals surface area contributed by atoms with Crippen molar-refractivity contribution in [2.24, 2.45) is 0 Å². The van der Waals surface area contributed by atoms with Gasteiger partial charge in [-0.05, 0) is 32.0 Å². The van der Waals surface area contributed by atoms with Gasteiger partial charge in [0.2, 0.25) is 0 Å². The summed E-state index contributed by atoms with van der Waals surface area (Å²) in [5, 5.41) is 15.8. The molecule has 0 saturated carbocycles. The van der Waals surface area contributed by atoms with Crippen LogP contribution in [-0.2, 0) is 0 Å². The number of aliphatic hydroxyl groups is 1. The average Bonchev–Trinajstić information content (AvgIpc) is 3.19. The van der Waals surface area contributed by atoms with Gasteiger partial charge in [0.1, 0.15) is 5.58 Å². The van der Waals surface area contributed by atoms with Crippen LogP contribution in [0.1, 0.15) is 36.2 Å². The summed E-state index contributed by atoms with van der Waals surface area (Å²) >= 11 is 0. The fraction of sp³-hybridized carbons (Fsp3) is 0.182. The Morgan fingerprint density at radius 1 is 0.788 bits per heavy atom. The van der Waals surface area contributed by atoms with Crippen LogP contribution >= 0.6 is 7.26 Å². The van der Waals surface area contributed by atoms with E-state index >= 15 is 0 Å². The smallest absolute Gasteiger partial charge is 0.347 e. The average molecular weight is 714 g/mol. The molecule has 6 aromatic rings. The standard InChI is InChI=1S/C44H44NO6P/c1-4-45(5-2)34-24-23-33-30-38(44(48)51-41(33)31-34)39(46)25-21-32-22-26-40(42(29-32)49-3)50-43(47)27-28-52(35-15-9-6-10-16-35,36-17-11-7-12-18-36)37-19-13-8-14-20-37/h6-26,29-31,43,47,52H,4-5,27-28H2,1-3H3/b25-21+. The third-order valence-electron chi connectivity index (χ3n) is 9.56. The van der Waals surface area contributed by atoms with Gasteiger partial charge in [-0.25, -0.2) is 4.79 Å². The molecule has 0 spiro atoms. The molecule has 0 aliphatic rings. The Hall–Kier alpha value is -5.49. The zero-order valence-electron chi connectivity index (χ0n) is 29.7. The molecular formula is C44H44NO6P. The summed E-state index contributed by atoms with van der Waals surface area (Å²) in [5.41, 5.74) is 1.31. The number of fused-ring (bicyclic) bond motifs is 1. The summed E-state index contributed by atoms with van der Waals surface area (Å²) in [7, 11) is -1.03. The fourth-order valence-electron chi connectivity index (χ4n) is 6.85. The quantitative estimate of drug-likeness (QED) is 0.0391. The van der Waals surface area contributed by atoms with Crippen LogP contribution in [0.15, 0.2) is 149 Å². The van der Waals surface area contributed by atoms with Crippen LogP contribution < -0.4 is 35.9 Å². The number of nitrogens with zero attached hydrogens (tertiary/aromatic N) is 1. The van der Waals surface area contributed by atoms with Gasteiger partial charge in [0.15, 0.2) is 0 Å². The van der Waals surface area contributed by atoms with E-state index in [2.05, 4.69) is 91.5 Å². The number of methoxy groups -OCH3 is 1. The third-order valence-corrected chi connectivity index (χ3v) is 14.6. The second kappa shape index (κ2) is 16.7. The number of ketones is 1. The van der Waals surface area contributed by atoms with Gasteiger partial charge in [-0.15, -0.1) is 0 Å². The maximum Gasteiger partial charge on any atom is 0.347 e. The van der Waals surface area contributed by atoms with Crippen LogP contribution in [0.4, 0.5) is 5.69 Å². The van der Waals surface area contributed by atoms with Gasteiger partial charge in [-0.1, -0.05) is 0 Å². The van der Waals surface area contributed by atoms with Gasteiger partial charge in [0.25, 0.3) is 0 Å². The number of allylic oxidation sites excluding steroid dienone is 1. The Bertz CT molecular complexity index is 2100. The molecule has 0 radical (unpaired) electrons. The van der Waals surface area contributed by atoms with E-state index in [9.17, 15) is 14.7 Å². The first-order valence-corrected chi connectivity index (χ1v) is 19.8. The van der Waals surface area contributed by atoms with Crippen molar-refractivity contribution in [3.63, 3.8) is 0 Å². The molecule has 5 aromatic carbocycles. The van der Waals surface area contributed by atoms with Crippen molar-refractivity contribution >= 4 is 51.7 Å². The van der Waals surface area contributed by atoms with Crippen molar-refractivity contribution in [1.82, 2.24) is 0 Å². The number of rotatable bonds is 15. The topological polar surface area (TPSA) is 89.2 Å². The van der Waals surface area contributed by atoms with Crippen LogP contribution in [0.25, 0.3) is 17.0 Å². The number of benzene rings is 5. The fourth-order valence-corrected chi connectivity index (χ4v) is 11.7. The zero-order valence-corrected chi connectivity index (χ0v) is 30.7. The summed E-state index contributed by atoms with van der Waals surface area (Å²) in [5.74, 6) is 0.311. The number of hydrogen-bond acceptors (Lipinski definition) is 7. The summed E-state index contributed by atoms with van der Waals surface area (Å²) in [6.45, 7) is 5.78. The van der Waals surface area contributed by atoms with Crippen molar-refractivity contribution in [2.45, 2.75) is 26.6 Å². The second-order valence-corrected chi connectivity index (χ2v) is 16.6. The number of carbonyl (C=O) groups excluding carboxylic acids is 1. The summed E-state index contributed by atoms with van der Waals surface area (Å²) in [4.78, 5) is 28.1. The maximum absolute atomic E-state index is 13.1. The van der Waals surface area contributed by atoms with Crippen molar-refractivity contribution in [3.8, 4) is 11.5 Å². The van der Waals surface area contributed by atoms with E-state index < -0.39 is 25.0 Å². The Morgan fingerprint density at radius 2 is 1.38 bits per heavy atom. The molecule has 1 unspecified atom stereocenters. The first-order chi connectivity index (χ1) is 25.4. The molecule has 1 heterocycles. The molecule has 6 rings (SSSR count). The number of anilines is 1. The van der Waals surface area contributed by atoms with E-state index in [1.807, 2.05) is 36.4 Å². The molecule has 7 nitrogen and oxygen atoms in total. The Labute approximate surface area is 305 Å². The molecule has 52 heavy (non-hydrogen) atoms. The molecule has 0 fully saturated rings.